The standard InChI is InChI=1S/C19H19ClN4O3S/c20-14-2-1-3-15(17(14)23-7-9-27-10-8-23)22-16(25)4-6-24-12-21-18-13(19(24)26)5-11-28-18/h1-3,5,11-12H,4,6-10H2,(H,22,25). The molecule has 1 aliphatic rings. The van der Waals surface area contributed by atoms with Crippen molar-refractivity contribution in [2.24, 2.45) is 0 Å². The number of benzene rings is 1. The Morgan fingerprint density at radius 1 is 1.29 bits per heavy atom. The fraction of sp³-hybridized carbons (Fsp3) is 0.316. The minimum atomic E-state index is -0.186. The summed E-state index contributed by atoms with van der Waals surface area (Å²) in [5.41, 5.74) is 1.34. The quantitative estimate of drug-likeness (QED) is 0.689. The average Bonchev–Trinajstić information content (AvgIpc) is 3.18. The van der Waals surface area contributed by atoms with E-state index in [1.54, 1.807) is 12.1 Å². The SMILES string of the molecule is O=C(CCn1cnc2sccc2c1=O)Nc1cccc(Cl)c1N1CCOCC1. The zero-order valence-corrected chi connectivity index (χ0v) is 16.6. The predicted octanol–water partition coefficient (Wildman–Crippen LogP) is 2.98. The number of thiophene rings is 1. The second kappa shape index (κ2) is 8.30. The first-order chi connectivity index (χ1) is 13.6. The molecule has 0 radical (unpaired) electrons. The van der Waals surface area contributed by atoms with E-state index in [0.29, 0.717) is 47.2 Å². The van der Waals surface area contributed by atoms with Crippen molar-refractivity contribution in [2.45, 2.75) is 13.0 Å². The van der Waals surface area contributed by atoms with Gasteiger partial charge in [0.05, 0.1) is 41.3 Å². The van der Waals surface area contributed by atoms with E-state index in [2.05, 4.69) is 15.2 Å². The van der Waals surface area contributed by atoms with E-state index >= 15 is 0 Å². The Bertz CT molecular complexity index is 1060. The van der Waals surface area contributed by atoms with Crippen molar-refractivity contribution in [3.8, 4) is 0 Å². The summed E-state index contributed by atoms with van der Waals surface area (Å²) in [5.74, 6) is -0.186. The minimum absolute atomic E-state index is 0.129. The lowest BCUT2D eigenvalue weighted by Crippen LogP contribution is -2.37. The van der Waals surface area contributed by atoms with E-state index < -0.39 is 0 Å². The van der Waals surface area contributed by atoms with Crippen molar-refractivity contribution < 1.29 is 9.53 Å². The van der Waals surface area contributed by atoms with E-state index in [1.165, 1.54) is 22.2 Å². The second-order valence-electron chi connectivity index (χ2n) is 6.42. The van der Waals surface area contributed by atoms with Crippen LogP contribution in [0.1, 0.15) is 6.42 Å². The molecule has 1 saturated heterocycles. The molecule has 0 unspecified atom stereocenters. The van der Waals surface area contributed by atoms with Crippen molar-refractivity contribution >= 4 is 50.4 Å². The number of para-hydroxylation sites is 1. The van der Waals surface area contributed by atoms with Gasteiger partial charge in [-0.3, -0.25) is 14.2 Å². The van der Waals surface area contributed by atoms with Gasteiger partial charge in [-0.1, -0.05) is 17.7 Å². The Kier molecular flexibility index (Phi) is 5.61. The summed E-state index contributed by atoms with van der Waals surface area (Å²) >= 11 is 7.82. The van der Waals surface area contributed by atoms with Gasteiger partial charge in [-0.2, -0.15) is 0 Å². The zero-order valence-electron chi connectivity index (χ0n) is 15.1. The van der Waals surface area contributed by atoms with Crippen LogP contribution in [0.2, 0.25) is 5.02 Å². The van der Waals surface area contributed by atoms with Crippen LogP contribution in [0.15, 0.2) is 40.8 Å². The van der Waals surface area contributed by atoms with Crippen LogP contribution in [-0.2, 0) is 16.1 Å². The van der Waals surface area contributed by atoms with Crippen molar-refractivity contribution in [3.63, 3.8) is 0 Å². The van der Waals surface area contributed by atoms with Gasteiger partial charge in [0.2, 0.25) is 5.91 Å². The minimum Gasteiger partial charge on any atom is -0.378 e. The maximum atomic E-state index is 12.5. The first-order valence-corrected chi connectivity index (χ1v) is 10.2. The molecule has 0 saturated carbocycles. The van der Waals surface area contributed by atoms with Gasteiger partial charge in [0.1, 0.15) is 4.83 Å². The predicted molar refractivity (Wildman–Crippen MR) is 112 cm³/mol. The second-order valence-corrected chi connectivity index (χ2v) is 7.72. The van der Waals surface area contributed by atoms with Crippen LogP contribution in [0, 0.1) is 0 Å². The fourth-order valence-electron chi connectivity index (χ4n) is 3.21. The van der Waals surface area contributed by atoms with E-state index in [1.807, 2.05) is 17.5 Å². The molecular weight excluding hydrogens is 400 g/mol. The number of rotatable bonds is 5. The van der Waals surface area contributed by atoms with Gasteiger partial charge in [-0.05, 0) is 23.6 Å². The van der Waals surface area contributed by atoms with Crippen LogP contribution in [0.25, 0.3) is 10.2 Å². The van der Waals surface area contributed by atoms with Crippen LogP contribution in [0.4, 0.5) is 11.4 Å². The number of hydrogen-bond acceptors (Lipinski definition) is 6. The Morgan fingerprint density at radius 3 is 2.93 bits per heavy atom. The van der Waals surface area contributed by atoms with E-state index in [0.717, 1.165) is 5.69 Å². The summed E-state index contributed by atoms with van der Waals surface area (Å²) in [6.07, 6.45) is 1.65. The first-order valence-electron chi connectivity index (χ1n) is 8.97. The molecule has 3 aromatic rings. The van der Waals surface area contributed by atoms with Crippen LogP contribution in [0.5, 0.6) is 0 Å². The fourth-order valence-corrected chi connectivity index (χ4v) is 4.23. The van der Waals surface area contributed by atoms with Gasteiger partial charge >= 0.3 is 0 Å². The van der Waals surface area contributed by atoms with Gasteiger partial charge in [0.15, 0.2) is 0 Å². The Labute approximate surface area is 170 Å². The Morgan fingerprint density at radius 2 is 2.11 bits per heavy atom. The molecule has 2 aromatic heterocycles. The number of morpholine rings is 1. The molecule has 9 heteroatoms. The van der Waals surface area contributed by atoms with Crippen molar-refractivity contribution in [2.75, 3.05) is 36.5 Å². The number of halogens is 1. The molecule has 1 aliphatic heterocycles. The maximum Gasteiger partial charge on any atom is 0.262 e. The molecule has 1 N–H and O–H groups in total. The number of fused-ring (bicyclic) bond motifs is 1. The number of carbonyl (C=O) groups is 1. The molecule has 0 bridgehead atoms. The van der Waals surface area contributed by atoms with E-state index in [-0.39, 0.29) is 24.4 Å². The van der Waals surface area contributed by atoms with Gasteiger partial charge < -0.3 is 15.0 Å². The molecule has 28 heavy (non-hydrogen) atoms. The van der Waals surface area contributed by atoms with Crippen molar-refractivity contribution in [3.05, 3.63) is 51.3 Å². The number of aryl methyl sites for hydroxylation is 1. The highest BCUT2D eigenvalue weighted by Crippen LogP contribution is 2.34. The third-order valence-corrected chi connectivity index (χ3v) is 5.74. The number of hydrogen-bond donors (Lipinski definition) is 1. The van der Waals surface area contributed by atoms with Gasteiger partial charge in [-0.25, -0.2) is 4.98 Å². The maximum absolute atomic E-state index is 12.5. The summed E-state index contributed by atoms with van der Waals surface area (Å²) in [6, 6.07) is 7.20. The lowest BCUT2D eigenvalue weighted by molar-refractivity contribution is -0.116. The monoisotopic (exact) mass is 418 g/mol. The Balaban J connectivity index is 1.47. The lowest BCUT2D eigenvalue weighted by Gasteiger charge is -2.31. The Hall–Kier alpha value is -2.42. The van der Waals surface area contributed by atoms with Crippen molar-refractivity contribution in [1.82, 2.24) is 9.55 Å². The first kappa shape index (κ1) is 18.9. The number of nitrogens with zero attached hydrogens (tertiary/aromatic N) is 3. The summed E-state index contributed by atoms with van der Waals surface area (Å²) in [7, 11) is 0. The smallest absolute Gasteiger partial charge is 0.262 e. The zero-order chi connectivity index (χ0) is 19.5. The third-order valence-electron chi connectivity index (χ3n) is 4.62. The van der Waals surface area contributed by atoms with E-state index in [4.69, 9.17) is 16.3 Å². The van der Waals surface area contributed by atoms with Crippen LogP contribution < -0.4 is 15.8 Å². The molecule has 1 aromatic carbocycles. The lowest BCUT2D eigenvalue weighted by atomic mass is 10.2. The van der Waals surface area contributed by atoms with Gasteiger partial charge in [0.25, 0.3) is 5.56 Å². The highest BCUT2D eigenvalue weighted by molar-refractivity contribution is 7.16. The molecule has 4 rings (SSSR count). The molecular formula is C19H19ClN4O3S. The summed E-state index contributed by atoms with van der Waals surface area (Å²) in [4.78, 5) is 32.0. The highest BCUT2D eigenvalue weighted by atomic mass is 35.5. The van der Waals surface area contributed by atoms with Crippen LogP contribution in [-0.4, -0.2) is 41.8 Å². The van der Waals surface area contributed by atoms with Crippen LogP contribution in [0.3, 0.4) is 0 Å². The highest BCUT2D eigenvalue weighted by Gasteiger charge is 2.19. The average molecular weight is 419 g/mol. The topological polar surface area (TPSA) is 76.5 Å². The molecule has 7 nitrogen and oxygen atoms in total. The number of aromatic nitrogens is 2. The molecule has 3 heterocycles. The molecule has 0 atom stereocenters. The third kappa shape index (κ3) is 3.89. The molecule has 1 fully saturated rings. The number of carbonyl (C=O) groups excluding carboxylic acids is 1. The largest absolute Gasteiger partial charge is 0.378 e. The number of amides is 1. The number of anilines is 2. The van der Waals surface area contributed by atoms with Crippen molar-refractivity contribution in [1.29, 1.82) is 0 Å². The number of ether oxygens (including phenoxy) is 1. The summed E-state index contributed by atoms with van der Waals surface area (Å²) in [5, 5.41) is 5.93. The molecule has 1 amide bonds. The van der Waals surface area contributed by atoms with Gasteiger partial charge in [0, 0.05) is 26.1 Å². The van der Waals surface area contributed by atoms with Crippen LogP contribution >= 0.6 is 22.9 Å². The summed E-state index contributed by atoms with van der Waals surface area (Å²) < 4.78 is 6.86. The van der Waals surface area contributed by atoms with E-state index in [9.17, 15) is 9.59 Å². The molecule has 0 spiro atoms. The summed E-state index contributed by atoms with van der Waals surface area (Å²) in [6.45, 7) is 2.94. The normalized spacial score (nSPS) is 14.4. The van der Waals surface area contributed by atoms with Gasteiger partial charge in [-0.15, -0.1) is 11.3 Å². The molecule has 0 aliphatic carbocycles. The molecule has 146 valence electrons. The number of nitrogens with one attached hydrogen (secondary N) is 1.